The Morgan fingerprint density at radius 1 is 1.38 bits per heavy atom. The molecule has 0 aromatic heterocycles. The fraction of sp³-hybridized carbons (Fsp3) is 1.00. The van der Waals surface area contributed by atoms with Gasteiger partial charge < -0.3 is 0 Å². The van der Waals surface area contributed by atoms with E-state index in [0.717, 1.165) is 6.54 Å². The van der Waals surface area contributed by atoms with Crippen LogP contribution in [0.25, 0.3) is 0 Å². The van der Waals surface area contributed by atoms with Crippen molar-refractivity contribution in [2.45, 2.75) is 12.8 Å². The van der Waals surface area contributed by atoms with Crippen LogP contribution >= 0.6 is 11.8 Å². The number of unbranched alkanes of at least 4 members (excludes halogenated alkanes) is 1. The van der Waals surface area contributed by atoms with E-state index in [1.807, 2.05) is 18.8 Å². The van der Waals surface area contributed by atoms with E-state index in [1.54, 1.807) is 0 Å². The van der Waals surface area contributed by atoms with E-state index >= 15 is 0 Å². The zero-order chi connectivity index (χ0) is 6.24. The Hall–Kier alpha value is 0.310. The van der Waals surface area contributed by atoms with Crippen LogP contribution in [0.1, 0.15) is 12.8 Å². The van der Waals surface area contributed by atoms with Gasteiger partial charge in [0.1, 0.15) is 0 Å². The van der Waals surface area contributed by atoms with E-state index in [4.69, 9.17) is 0 Å². The lowest BCUT2D eigenvalue weighted by Gasteiger charge is -1.94. The molecule has 2 heteroatoms. The summed E-state index contributed by atoms with van der Waals surface area (Å²) < 4.78 is 0. The predicted octanol–water partition coefficient (Wildman–Crippen LogP) is 1.36. The van der Waals surface area contributed by atoms with Crippen LogP contribution in [0.3, 0.4) is 0 Å². The van der Waals surface area contributed by atoms with Gasteiger partial charge in [-0.3, -0.25) is 0 Å². The molecule has 0 saturated carbocycles. The van der Waals surface area contributed by atoms with Crippen LogP contribution in [0.5, 0.6) is 0 Å². The highest BCUT2D eigenvalue weighted by Gasteiger charge is 1.83. The van der Waals surface area contributed by atoms with E-state index in [1.165, 1.54) is 18.6 Å². The molecule has 8 heavy (non-hydrogen) atoms. The zero-order valence-corrected chi connectivity index (χ0v) is 6.50. The van der Waals surface area contributed by atoms with Crippen LogP contribution in [-0.2, 0) is 0 Å². The zero-order valence-electron chi connectivity index (χ0n) is 5.68. The Balaban J connectivity index is 2.53. The van der Waals surface area contributed by atoms with Crippen molar-refractivity contribution in [2.24, 2.45) is 0 Å². The highest BCUT2D eigenvalue weighted by Crippen LogP contribution is 1.97. The molecular formula is C6H14NS. The molecule has 0 amide bonds. The Bertz CT molecular complexity index is 33.5. The molecule has 0 N–H and O–H groups in total. The van der Waals surface area contributed by atoms with Crippen LogP contribution in [0.4, 0.5) is 0 Å². The van der Waals surface area contributed by atoms with Gasteiger partial charge in [-0.15, -0.1) is 0 Å². The molecule has 0 unspecified atom stereocenters. The molecule has 1 nitrogen and oxygen atoms in total. The van der Waals surface area contributed by atoms with Crippen molar-refractivity contribution in [3.8, 4) is 0 Å². The minimum atomic E-state index is 1.04. The monoisotopic (exact) mass is 132 g/mol. The number of nitrogens with zero attached hydrogens (tertiary/aromatic N) is 1. The maximum Gasteiger partial charge on any atom is 0.0130 e. The summed E-state index contributed by atoms with van der Waals surface area (Å²) in [6.07, 6.45) is 4.72. The quantitative estimate of drug-likeness (QED) is 0.515. The Morgan fingerprint density at radius 3 is 2.62 bits per heavy atom. The van der Waals surface area contributed by atoms with Crippen molar-refractivity contribution in [3.63, 3.8) is 0 Å². The third-order valence-electron chi connectivity index (χ3n) is 0.980. The fourth-order valence-electron chi connectivity index (χ4n) is 0.516. The fourth-order valence-corrected chi connectivity index (χ4v) is 1.01. The molecule has 0 rings (SSSR count). The first-order valence-corrected chi connectivity index (χ1v) is 4.35. The molecule has 0 aliphatic heterocycles. The molecule has 0 aromatic carbocycles. The first kappa shape index (κ1) is 8.31. The van der Waals surface area contributed by atoms with Crippen molar-refractivity contribution in [1.29, 1.82) is 0 Å². The molecule has 0 saturated heterocycles. The molecule has 0 atom stereocenters. The number of hydrogen-bond donors (Lipinski definition) is 0. The summed E-state index contributed by atoms with van der Waals surface area (Å²) in [5, 5.41) is 4.00. The van der Waals surface area contributed by atoms with Gasteiger partial charge in [-0.2, -0.15) is 11.8 Å². The first-order chi connectivity index (χ1) is 3.91. The molecule has 0 bridgehead atoms. The lowest BCUT2D eigenvalue weighted by molar-refractivity contribution is 0.705. The maximum absolute atomic E-state index is 4.00. The van der Waals surface area contributed by atoms with Crippen LogP contribution in [-0.4, -0.2) is 25.6 Å². The van der Waals surface area contributed by atoms with Gasteiger partial charge in [0.15, 0.2) is 0 Å². The number of rotatable bonds is 5. The lowest BCUT2D eigenvalue weighted by Crippen LogP contribution is -1.98. The van der Waals surface area contributed by atoms with Crippen LogP contribution in [0.2, 0.25) is 0 Å². The summed E-state index contributed by atoms with van der Waals surface area (Å²) in [5.74, 6) is 1.29. The molecule has 0 spiro atoms. The third kappa shape index (κ3) is 6.31. The highest BCUT2D eigenvalue weighted by molar-refractivity contribution is 7.98. The van der Waals surface area contributed by atoms with Gasteiger partial charge in [0.2, 0.25) is 0 Å². The van der Waals surface area contributed by atoms with Gasteiger partial charge in [-0.05, 0) is 24.9 Å². The molecular weight excluding hydrogens is 118 g/mol. The molecule has 0 aliphatic carbocycles. The van der Waals surface area contributed by atoms with Gasteiger partial charge in [0.25, 0.3) is 0 Å². The predicted molar refractivity (Wildman–Crippen MR) is 40.5 cm³/mol. The standard InChI is InChI=1S/C6H14NS/c1-7-5-3-4-6-8-2/h3-6H2,1-2H3. The highest BCUT2D eigenvalue weighted by atomic mass is 32.2. The average Bonchev–Trinajstić information content (AvgIpc) is 1.81. The van der Waals surface area contributed by atoms with Crippen molar-refractivity contribution < 1.29 is 0 Å². The van der Waals surface area contributed by atoms with Crippen LogP contribution in [0.15, 0.2) is 0 Å². The van der Waals surface area contributed by atoms with Crippen molar-refractivity contribution in [3.05, 3.63) is 0 Å². The summed E-state index contributed by atoms with van der Waals surface area (Å²) >= 11 is 1.91. The van der Waals surface area contributed by atoms with Crippen molar-refractivity contribution >= 4 is 11.8 Å². The lowest BCUT2D eigenvalue weighted by atomic mass is 10.3. The van der Waals surface area contributed by atoms with Gasteiger partial charge in [0, 0.05) is 13.6 Å². The van der Waals surface area contributed by atoms with E-state index in [2.05, 4.69) is 11.6 Å². The molecule has 0 aromatic rings. The summed E-state index contributed by atoms with van der Waals surface area (Å²) in [5.41, 5.74) is 0. The van der Waals surface area contributed by atoms with E-state index in [9.17, 15) is 0 Å². The van der Waals surface area contributed by atoms with E-state index in [0.29, 0.717) is 0 Å². The van der Waals surface area contributed by atoms with Gasteiger partial charge in [-0.1, -0.05) is 0 Å². The number of thioether (sulfide) groups is 1. The van der Waals surface area contributed by atoms with Gasteiger partial charge >= 0.3 is 0 Å². The smallest absolute Gasteiger partial charge is 0.0130 e. The van der Waals surface area contributed by atoms with Crippen molar-refractivity contribution in [1.82, 2.24) is 5.32 Å². The average molecular weight is 132 g/mol. The van der Waals surface area contributed by atoms with Crippen LogP contribution in [0, 0.1) is 0 Å². The third-order valence-corrected chi connectivity index (χ3v) is 1.68. The largest absolute Gasteiger partial charge is 0.245 e. The Morgan fingerprint density at radius 2 is 2.12 bits per heavy atom. The molecule has 0 aliphatic rings. The Kier molecular flexibility index (Phi) is 7.59. The summed E-state index contributed by atoms with van der Waals surface area (Å²) in [6.45, 7) is 1.04. The van der Waals surface area contributed by atoms with Crippen molar-refractivity contribution in [2.75, 3.05) is 25.6 Å². The summed E-state index contributed by atoms with van der Waals surface area (Å²) in [7, 11) is 1.87. The first-order valence-electron chi connectivity index (χ1n) is 2.96. The van der Waals surface area contributed by atoms with Gasteiger partial charge in [0.05, 0.1) is 0 Å². The van der Waals surface area contributed by atoms with Crippen LogP contribution < -0.4 is 5.32 Å². The Labute approximate surface area is 56.2 Å². The normalized spacial score (nSPS) is 9.75. The molecule has 1 radical (unpaired) electrons. The van der Waals surface area contributed by atoms with E-state index in [-0.39, 0.29) is 0 Å². The summed E-state index contributed by atoms with van der Waals surface area (Å²) in [4.78, 5) is 0. The summed E-state index contributed by atoms with van der Waals surface area (Å²) in [6, 6.07) is 0. The minimum Gasteiger partial charge on any atom is -0.245 e. The number of hydrogen-bond acceptors (Lipinski definition) is 1. The second kappa shape index (κ2) is 7.31. The second-order valence-corrected chi connectivity index (χ2v) is 2.73. The van der Waals surface area contributed by atoms with Gasteiger partial charge in [-0.25, -0.2) is 5.32 Å². The topological polar surface area (TPSA) is 14.1 Å². The SMILES string of the molecule is C[N]CCCCSC. The molecule has 0 heterocycles. The molecule has 49 valence electrons. The minimum absolute atomic E-state index is 1.04. The second-order valence-electron chi connectivity index (χ2n) is 1.74. The van der Waals surface area contributed by atoms with E-state index < -0.39 is 0 Å². The molecule has 0 fully saturated rings. The maximum atomic E-state index is 4.00.